The summed E-state index contributed by atoms with van der Waals surface area (Å²) < 4.78 is 51.2. The Hall–Kier alpha value is -4.33. The number of nitriles is 1. The first-order valence-electron chi connectivity index (χ1n) is 11.3. The molecule has 2 aromatic rings. The molecule has 11 heteroatoms. The molecule has 1 fully saturated rings. The minimum atomic E-state index is -5.20. The van der Waals surface area contributed by atoms with Crippen LogP contribution in [-0.4, -0.2) is 48.7 Å². The highest BCUT2D eigenvalue weighted by atomic mass is 19.4. The molecule has 1 saturated heterocycles. The van der Waals surface area contributed by atoms with Crippen LogP contribution in [-0.2, 0) is 20.9 Å². The van der Waals surface area contributed by atoms with E-state index in [1.54, 1.807) is 30.3 Å². The standard InChI is InChI=1S/C26H22F3N3O5/c1-36-23(33)17-9-10-21-19(14-17)22-18(20(8-5-12-30)32(21)24(34)26(27,28)29)11-13-31(22)25(35)37-15-16-6-3-2-4-7-16/h2-10,14,18,20,22H,11,13,15H2,1H3/b8-5+/t18-,20-,22-/m0/s1. The van der Waals surface area contributed by atoms with Gasteiger partial charge in [-0.3, -0.25) is 9.69 Å². The molecule has 2 amide bonds. The number of carbonyl (C=O) groups is 3. The lowest BCUT2D eigenvalue weighted by Gasteiger charge is -2.44. The van der Waals surface area contributed by atoms with Crippen LogP contribution in [0, 0.1) is 17.2 Å². The predicted octanol–water partition coefficient (Wildman–Crippen LogP) is 4.53. The minimum absolute atomic E-state index is 0.0148. The number of hydrogen-bond acceptors (Lipinski definition) is 6. The first-order chi connectivity index (χ1) is 17.7. The summed E-state index contributed by atoms with van der Waals surface area (Å²) in [7, 11) is 1.16. The van der Waals surface area contributed by atoms with Crippen molar-refractivity contribution in [1.82, 2.24) is 4.90 Å². The van der Waals surface area contributed by atoms with Crippen molar-refractivity contribution >= 4 is 23.7 Å². The Labute approximate surface area is 210 Å². The van der Waals surface area contributed by atoms with Crippen molar-refractivity contribution in [3.8, 4) is 6.07 Å². The number of nitrogens with zero attached hydrogens (tertiary/aromatic N) is 3. The third kappa shape index (κ3) is 5.00. The second-order valence-corrected chi connectivity index (χ2v) is 8.55. The van der Waals surface area contributed by atoms with Gasteiger partial charge in [0.1, 0.15) is 6.61 Å². The first-order valence-corrected chi connectivity index (χ1v) is 11.3. The summed E-state index contributed by atoms with van der Waals surface area (Å²) in [6.07, 6.45) is -3.41. The van der Waals surface area contributed by atoms with Gasteiger partial charge in [-0.25, -0.2) is 9.59 Å². The highest BCUT2D eigenvalue weighted by Gasteiger charge is 2.54. The molecule has 0 spiro atoms. The number of carbonyl (C=O) groups excluding carboxylic acids is 3. The number of allylic oxidation sites excluding steroid dienone is 1. The highest BCUT2D eigenvalue weighted by Crippen LogP contribution is 2.50. The monoisotopic (exact) mass is 513 g/mol. The third-order valence-corrected chi connectivity index (χ3v) is 6.48. The average molecular weight is 513 g/mol. The summed E-state index contributed by atoms with van der Waals surface area (Å²) in [5, 5.41) is 9.06. The fourth-order valence-corrected chi connectivity index (χ4v) is 4.94. The lowest BCUT2D eigenvalue weighted by atomic mass is 9.80. The van der Waals surface area contributed by atoms with Crippen molar-refractivity contribution in [2.24, 2.45) is 5.92 Å². The Kier molecular flexibility index (Phi) is 7.20. The van der Waals surface area contributed by atoms with Crippen molar-refractivity contribution in [2.45, 2.75) is 31.3 Å². The van der Waals surface area contributed by atoms with E-state index in [0.717, 1.165) is 18.7 Å². The Bertz CT molecular complexity index is 1270. The zero-order chi connectivity index (χ0) is 26.7. The number of benzene rings is 2. The van der Waals surface area contributed by atoms with E-state index in [1.807, 2.05) is 6.07 Å². The Morgan fingerprint density at radius 1 is 1.16 bits per heavy atom. The fourth-order valence-electron chi connectivity index (χ4n) is 4.94. The Balaban J connectivity index is 1.79. The van der Waals surface area contributed by atoms with E-state index in [1.165, 1.54) is 29.2 Å². The summed E-state index contributed by atoms with van der Waals surface area (Å²) in [5.74, 6) is -3.54. The van der Waals surface area contributed by atoms with Gasteiger partial charge in [-0.2, -0.15) is 18.4 Å². The molecular weight excluding hydrogens is 491 g/mol. The zero-order valence-electron chi connectivity index (χ0n) is 19.6. The number of anilines is 1. The van der Waals surface area contributed by atoms with Gasteiger partial charge >= 0.3 is 24.1 Å². The fraction of sp³-hybridized carbons (Fsp3) is 0.308. The van der Waals surface area contributed by atoms with Gasteiger partial charge in [-0.1, -0.05) is 36.4 Å². The number of rotatable bonds is 4. The molecule has 0 aliphatic carbocycles. The third-order valence-electron chi connectivity index (χ3n) is 6.48. The number of hydrogen-bond donors (Lipinski definition) is 0. The summed E-state index contributed by atoms with van der Waals surface area (Å²) in [4.78, 5) is 39.9. The minimum Gasteiger partial charge on any atom is -0.465 e. The molecule has 2 aromatic carbocycles. The maximum Gasteiger partial charge on any atom is 0.471 e. The van der Waals surface area contributed by atoms with Crippen LogP contribution in [0.2, 0.25) is 0 Å². The second kappa shape index (κ2) is 10.3. The largest absolute Gasteiger partial charge is 0.471 e. The van der Waals surface area contributed by atoms with Gasteiger partial charge in [-0.15, -0.1) is 0 Å². The van der Waals surface area contributed by atoms with E-state index >= 15 is 0 Å². The lowest BCUT2D eigenvalue weighted by molar-refractivity contribution is -0.171. The lowest BCUT2D eigenvalue weighted by Crippen LogP contribution is -2.54. The molecule has 0 bridgehead atoms. The van der Waals surface area contributed by atoms with Crippen LogP contribution in [0.15, 0.2) is 60.7 Å². The second-order valence-electron chi connectivity index (χ2n) is 8.55. The van der Waals surface area contributed by atoms with Crippen molar-refractivity contribution in [3.05, 3.63) is 77.4 Å². The molecule has 0 saturated carbocycles. The van der Waals surface area contributed by atoms with Gasteiger partial charge in [0, 0.05) is 24.2 Å². The van der Waals surface area contributed by atoms with Gasteiger partial charge in [-0.05, 0) is 35.7 Å². The first kappa shape index (κ1) is 25.8. The van der Waals surface area contributed by atoms with E-state index in [0.29, 0.717) is 4.90 Å². The number of halogens is 3. The van der Waals surface area contributed by atoms with Gasteiger partial charge in [0.05, 0.1) is 30.8 Å². The van der Waals surface area contributed by atoms with Gasteiger partial charge in [0.15, 0.2) is 0 Å². The smallest absolute Gasteiger partial charge is 0.465 e. The highest BCUT2D eigenvalue weighted by molar-refractivity contribution is 6.00. The van der Waals surface area contributed by atoms with E-state index in [4.69, 9.17) is 14.7 Å². The topological polar surface area (TPSA) is 99.9 Å². The van der Waals surface area contributed by atoms with Crippen molar-refractivity contribution < 1.29 is 37.0 Å². The molecule has 0 aromatic heterocycles. The van der Waals surface area contributed by atoms with Crippen LogP contribution in [0.4, 0.5) is 23.7 Å². The number of likely N-dealkylation sites (tertiary alicyclic amines) is 1. The number of esters is 1. The molecule has 0 radical (unpaired) electrons. The molecular formula is C26H22F3N3O5. The molecule has 37 heavy (non-hydrogen) atoms. The quantitative estimate of drug-likeness (QED) is 0.440. The number of methoxy groups -OCH3 is 1. The molecule has 3 atom stereocenters. The maximum absolute atomic E-state index is 13.7. The summed E-state index contributed by atoms with van der Waals surface area (Å²) >= 11 is 0. The van der Waals surface area contributed by atoms with Gasteiger partial charge < -0.3 is 14.4 Å². The Morgan fingerprint density at radius 2 is 1.89 bits per heavy atom. The molecule has 192 valence electrons. The predicted molar refractivity (Wildman–Crippen MR) is 124 cm³/mol. The molecule has 2 aliphatic heterocycles. The summed E-state index contributed by atoms with van der Waals surface area (Å²) in [6.45, 7) is 0.120. The summed E-state index contributed by atoms with van der Waals surface area (Å²) in [5.41, 5.74) is 0.864. The van der Waals surface area contributed by atoms with Gasteiger partial charge in [0.2, 0.25) is 0 Å². The normalized spacial score (nSPS) is 20.7. The van der Waals surface area contributed by atoms with Crippen LogP contribution in [0.1, 0.15) is 33.9 Å². The maximum atomic E-state index is 13.7. The van der Waals surface area contributed by atoms with E-state index in [2.05, 4.69) is 0 Å². The van der Waals surface area contributed by atoms with Crippen molar-refractivity contribution in [1.29, 1.82) is 5.26 Å². The van der Waals surface area contributed by atoms with Gasteiger partial charge in [0.25, 0.3) is 0 Å². The van der Waals surface area contributed by atoms with Crippen LogP contribution in [0.5, 0.6) is 0 Å². The molecule has 4 rings (SSSR count). The SMILES string of the molecule is COC(=O)c1ccc2c(c1)[C@@H]1[C@@H](CCN1C(=O)OCc1ccccc1)[C@H](/C=C/C#N)N2C(=O)C(F)(F)F. The van der Waals surface area contributed by atoms with Crippen LogP contribution < -0.4 is 4.90 Å². The van der Waals surface area contributed by atoms with Crippen molar-refractivity contribution in [3.63, 3.8) is 0 Å². The van der Waals surface area contributed by atoms with Crippen molar-refractivity contribution in [2.75, 3.05) is 18.6 Å². The summed E-state index contributed by atoms with van der Waals surface area (Å²) in [6, 6.07) is 12.5. The van der Waals surface area contributed by atoms with E-state index in [9.17, 15) is 27.6 Å². The van der Waals surface area contributed by atoms with Crippen LogP contribution >= 0.6 is 0 Å². The van der Waals surface area contributed by atoms with E-state index in [-0.39, 0.29) is 36.4 Å². The Morgan fingerprint density at radius 3 is 2.54 bits per heavy atom. The molecule has 2 aliphatic rings. The van der Waals surface area contributed by atoms with E-state index < -0.39 is 42.1 Å². The number of amides is 2. The number of fused-ring (bicyclic) bond motifs is 3. The zero-order valence-corrected chi connectivity index (χ0v) is 19.6. The molecule has 0 N–H and O–H groups in total. The number of alkyl halides is 3. The molecule has 2 heterocycles. The van der Waals surface area contributed by atoms with Crippen LogP contribution in [0.3, 0.4) is 0 Å². The number of ether oxygens (including phenoxy) is 2. The average Bonchev–Trinajstić information content (AvgIpc) is 3.34. The molecule has 8 nitrogen and oxygen atoms in total. The molecule has 0 unspecified atom stereocenters. The van der Waals surface area contributed by atoms with Crippen LogP contribution in [0.25, 0.3) is 0 Å².